The van der Waals surface area contributed by atoms with Crippen molar-refractivity contribution < 1.29 is 4.42 Å². The van der Waals surface area contributed by atoms with E-state index < -0.39 is 0 Å². The number of rotatable bonds is 6. The number of fused-ring (bicyclic) bond motifs is 6. The lowest BCUT2D eigenvalue weighted by Gasteiger charge is -2.31. The zero-order chi connectivity index (χ0) is 34.6. The maximum absolute atomic E-state index is 6.67. The van der Waals surface area contributed by atoms with Gasteiger partial charge >= 0.3 is 0 Å². The molecule has 0 fully saturated rings. The highest BCUT2D eigenvalue weighted by atomic mass is 16.3. The minimum Gasteiger partial charge on any atom is -0.454 e. The summed E-state index contributed by atoms with van der Waals surface area (Å²) < 4.78 is 9.03. The number of para-hydroxylation sites is 3. The second-order valence-corrected chi connectivity index (χ2v) is 13.8. The highest BCUT2D eigenvalue weighted by Gasteiger charge is 2.26. The zero-order valence-corrected chi connectivity index (χ0v) is 28.9. The summed E-state index contributed by atoms with van der Waals surface area (Å²) in [5.74, 6) is 0.259. The Morgan fingerprint density at radius 2 is 0.981 bits per heavy atom. The highest BCUT2D eigenvalue weighted by Crippen LogP contribution is 2.38. The lowest BCUT2D eigenvalue weighted by Crippen LogP contribution is -2.36. The summed E-state index contributed by atoms with van der Waals surface area (Å²) in [4.78, 5) is 2.41. The molecule has 9 aromatic rings. The van der Waals surface area contributed by atoms with Gasteiger partial charge in [0.15, 0.2) is 5.42 Å². The second kappa shape index (κ2) is 12.3. The first-order valence-corrected chi connectivity index (χ1v) is 18.1. The largest absolute Gasteiger partial charge is 0.454 e. The highest BCUT2D eigenvalue weighted by molar-refractivity contribution is 6.09. The molecule has 3 heteroatoms. The number of nitrogens with zero attached hydrogens (tertiary/aromatic N) is 2. The van der Waals surface area contributed by atoms with E-state index in [1.807, 2.05) is 0 Å². The van der Waals surface area contributed by atoms with Gasteiger partial charge in [-0.25, -0.2) is 0 Å². The first-order chi connectivity index (χ1) is 25.7. The summed E-state index contributed by atoms with van der Waals surface area (Å²) in [6.45, 7) is 2.31. The van der Waals surface area contributed by atoms with E-state index in [9.17, 15) is 0 Å². The van der Waals surface area contributed by atoms with E-state index in [1.165, 1.54) is 60.4 Å². The zero-order valence-electron chi connectivity index (χ0n) is 28.9. The summed E-state index contributed by atoms with van der Waals surface area (Å²) in [5, 5.41) is 4.90. The van der Waals surface area contributed by atoms with Gasteiger partial charge in [0, 0.05) is 44.4 Å². The minimum absolute atomic E-state index is 0.259. The average molecular weight is 669 g/mol. The van der Waals surface area contributed by atoms with Crippen LogP contribution in [0.15, 0.2) is 180 Å². The van der Waals surface area contributed by atoms with Crippen LogP contribution in [-0.4, -0.2) is 4.57 Å². The molecule has 0 saturated heterocycles. The Morgan fingerprint density at radius 3 is 1.58 bits per heavy atom. The van der Waals surface area contributed by atoms with Gasteiger partial charge in [-0.2, -0.15) is 0 Å². The van der Waals surface area contributed by atoms with Crippen LogP contribution in [-0.2, 0) is 0 Å². The third-order valence-corrected chi connectivity index (χ3v) is 10.6. The summed E-state index contributed by atoms with van der Waals surface area (Å²) in [6, 6.07) is 63.2. The van der Waals surface area contributed by atoms with Gasteiger partial charge in [-0.3, -0.25) is 0 Å². The molecule has 2 aromatic heterocycles. The molecule has 1 unspecified atom stereocenters. The topological polar surface area (TPSA) is 21.3 Å². The third kappa shape index (κ3) is 4.97. The molecule has 52 heavy (non-hydrogen) atoms. The number of benzene rings is 7. The molecular formula is C49H36N2O. The van der Waals surface area contributed by atoms with E-state index in [1.54, 1.807) is 0 Å². The molecule has 1 aliphatic rings. The minimum atomic E-state index is 0.259. The maximum Gasteiger partial charge on any atom is 0.155 e. The van der Waals surface area contributed by atoms with Gasteiger partial charge in [-0.1, -0.05) is 134 Å². The van der Waals surface area contributed by atoms with Gasteiger partial charge in [0.25, 0.3) is 0 Å². The van der Waals surface area contributed by atoms with Gasteiger partial charge < -0.3 is 13.9 Å². The normalized spacial score (nSPS) is 14.1. The van der Waals surface area contributed by atoms with Crippen molar-refractivity contribution in [3.63, 3.8) is 0 Å². The third-order valence-electron chi connectivity index (χ3n) is 10.6. The van der Waals surface area contributed by atoms with Gasteiger partial charge in [-0.15, -0.1) is 0 Å². The van der Waals surface area contributed by atoms with Gasteiger partial charge in [0.2, 0.25) is 0 Å². The predicted molar refractivity (Wildman–Crippen MR) is 217 cm³/mol. The molecule has 0 bridgehead atoms. The van der Waals surface area contributed by atoms with Crippen molar-refractivity contribution in [2.75, 3.05) is 4.90 Å². The summed E-state index contributed by atoms with van der Waals surface area (Å²) >= 11 is 0. The molecule has 0 aliphatic heterocycles. The summed E-state index contributed by atoms with van der Waals surface area (Å²) in [5.41, 5.74) is 13.6. The van der Waals surface area contributed by atoms with Crippen LogP contribution < -0.4 is 15.5 Å². The monoisotopic (exact) mass is 668 g/mol. The Morgan fingerprint density at radius 1 is 0.500 bits per heavy atom. The smallest absolute Gasteiger partial charge is 0.155 e. The average Bonchev–Trinajstić information content (AvgIpc) is 3.76. The van der Waals surface area contributed by atoms with Crippen LogP contribution in [0.5, 0.6) is 0 Å². The van der Waals surface area contributed by atoms with E-state index in [0.717, 1.165) is 34.5 Å². The SMILES string of the molecule is CC1CC=c2c(oc3ccccc23)=C1N(c1ccc(-c2ccccc2)cc1)c1ccc(-c2ccc(-n3c4ccccc4c4ccccc43)cc2)cc1. The Balaban J connectivity index is 1.06. The molecule has 0 N–H and O–H groups in total. The van der Waals surface area contributed by atoms with Crippen molar-refractivity contribution in [2.45, 2.75) is 13.3 Å². The van der Waals surface area contributed by atoms with E-state index in [2.05, 4.69) is 198 Å². The van der Waals surface area contributed by atoms with Crippen LogP contribution in [0.2, 0.25) is 0 Å². The standard InChI is InChI=1S/C49H36N2O/c1-33-19-32-44-43-15-7-10-18-47(43)52-49(44)48(33)50(38-26-20-35(21-27-38)34-11-3-2-4-12-34)39-28-22-36(23-29-39)37-24-30-40(31-25-37)51-45-16-8-5-13-41(45)42-14-6-9-17-46(42)51/h2-18,20-33H,19H2,1H3. The van der Waals surface area contributed by atoms with Crippen molar-refractivity contribution in [2.24, 2.45) is 5.92 Å². The van der Waals surface area contributed by atoms with Crippen LogP contribution in [0.3, 0.4) is 0 Å². The Hall–Kier alpha value is -6.58. The molecule has 1 atom stereocenters. The first-order valence-electron chi connectivity index (χ1n) is 18.1. The molecule has 0 saturated carbocycles. The fraction of sp³-hybridized carbons (Fsp3) is 0.0612. The fourth-order valence-electron chi connectivity index (χ4n) is 8.08. The van der Waals surface area contributed by atoms with Crippen molar-refractivity contribution in [3.8, 4) is 27.9 Å². The maximum atomic E-state index is 6.67. The van der Waals surface area contributed by atoms with Crippen LogP contribution >= 0.6 is 0 Å². The van der Waals surface area contributed by atoms with Crippen molar-refractivity contribution in [3.05, 3.63) is 187 Å². The second-order valence-electron chi connectivity index (χ2n) is 13.8. The van der Waals surface area contributed by atoms with E-state index in [4.69, 9.17) is 4.42 Å². The van der Waals surface area contributed by atoms with Crippen LogP contribution in [0.1, 0.15) is 13.3 Å². The molecule has 1 aliphatic carbocycles. The number of furan rings is 1. The summed E-state index contributed by atoms with van der Waals surface area (Å²) in [6.07, 6.45) is 3.29. The van der Waals surface area contributed by atoms with Crippen molar-refractivity contribution in [1.29, 1.82) is 0 Å². The van der Waals surface area contributed by atoms with Gasteiger partial charge in [0.05, 0.1) is 16.7 Å². The predicted octanol–water partition coefficient (Wildman–Crippen LogP) is 11.6. The summed E-state index contributed by atoms with van der Waals surface area (Å²) in [7, 11) is 0. The van der Waals surface area contributed by atoms with Gasteiger partial charge in [-0.05, 0) is 83.3 Å². The number of hydrogen-bond donors (Lipinski definition) is 0. The Bertz CT molecular complexity index is 2810. The first kappa shape index (κ1) is 30.3. The van der Waals surface area contributed by atoms with Crippen LogP contribution in [0.25, 0.3) is 72.5 Å². The number of aromatic nitrogens is 1. The molecule has 0 spiro atoms. The molecular weight excluding hydrogens is 633 g/mol. The van der Waals surface area contributed by atoms with Crippen molar-refractivity contribution in [1.82, 2.24) is 4.57 Å². The Labute approximate surface area is 302 Å². The molecule has 248 valence electrons. The lowest BCUT2D eigenvalue weighted by atomic mass is 9.95. The van der Waals surface area contributed by atoms with E-state index >= 15 is 0 Å². The number of anilines is 2. The van der Waals surface area contributed by atoms with E-state index in [-0.39, 0.29) is 5.92 Å². The molecule has 7 aromatic carbocycles. The molecule has 2 heterocycles. The fourth-order valence-corrected chi connectivity index (χ4v) is 8.08. The van der Waals surface area contributed by atoms with Crippen LogP contribution in [0, 0.1) is 5.92 Å². The molecule has 0 radical (unpaired) electrons. The lowest BCUT2D eigenvalue weighted by molar-refractivity contribution is 0.555. The van der Waals surface area contributed by atoms with Crippen LogP contribution in [0.4, 0.5) is 11.4 Å². The van der Waals surface area contributed by atoms with E-state index in [0.29, 0.717) is 0 Å². The van der Waals surface area contributed by atoms with Gasteiger partial charge in [0.1, 0.15) is 5.58 Å². The molecule has 3 nitrogen and oxygen atoms in total. The Kier molecular flexibility index (Phi) is 7.17. The van der Waals surface area contributed by atoms with Crippen molar-refractivity contribution >= 4 is 55.9 Å². The molecule has 10 rings (SSSR count). The quantitative estimate of drug-likeness (QED) is 0.176. The number of hydrogen-bond acceptors (Lipinski definition) is 2. The molecule has 0 amide bonds.